The van der Waals surface area contributed by atoms with E-state index < -0.39 is 0 Å². The van der Waals surface area contributed by atoms with Crippen molar-refractivity contribution in [2.24, 2.45) is 0 Å². The topological polar surface area (TPSA) is 69.3 Å². The van der Waals surface area contributed by atoms with Gasteiger partial charge in [-0.1, -0.05) is 12.1 Å². The molecular formula is C23H26N2O5. The fourth-order valence-corrected chi connectivity index (χ4v) is 4.27. The van der Waals surface area contributed by atoms with Gasteiger partial charge in [0.1, 0.15) is 0 Å². The molecule has 0 aromatic heterocycles. The van der Waals surface area contributed by atoms with Gasteiger partial charge in [0.05, 0.1) is 19.8 Å². The Labute approximate surface area is 175 Å². The molecule has 7 heteroatoms. The van der Waals surface area contributed by atoms with E-state index in [1.807, 2.05) is 24.3 Å². The molecule has 1 N–H and O–H groups in total. The zero-order valence-corrected chi connectivity index (χ0v) is 16.9. The van der Waals surface area contributed by atoms with Gasteiger partial charge in [-0.15, -0.1) is 0 Å². The minimum atomic E-state index is 0.0221. The van der Waals surface area contributed by atoms with E-state index in [4.69, 9.17) is 18.9 Å². The number of ether oxygens (including phenoxy) is 4. The van der Waals surface area contributed by atoms with Crippen molar-refractivity contribution in [2.75, 3.05) is 33.1 Å². The molecule has 0 unspecified atom stereocenters. The lowest BCUT2D eigenvalue weighted by molar-refractivity contribution is -0.122. The van der Waals surface area contributed by atoms with Gasteiger partial charge < -0.3 is 24.3 Å². The molecule has 0 spiro atoms. The number of amides is 1. The second-order valence-corrected chi connectivity index (χ2v) is 7.85. The molecule has 3 aliphatic heterocycles. The van der Waals surface area contributed by atoms with Crippen LogP contribution in [0.5, 0.6) is 23.0 Å². The molecule has 1 saturated heterocycles. The highest BCUT2D eigenvalue weighted by Gasteiger charge is 2.28. The predicted molar refractivity (Wildman–Crippen MR) is 110 cm³/mol. The average molecular weight is 410 g/mol. The molecule has 0 bridgehead atoms. The van der Waals surface area contributed by atoms with Gasteiger partial charge in [-0.3, -0.25) is 9.69 Å². The second-order valence-electron chi connectivity index (χ2n) is 7.85. The van der Waals surface area contributed by atoms with E-state index in [1.165, 1.54) is 5.56 Å². The molecule has 0 aliphatic carbocycles. The quantitative estimate of drug-likeness (QED) is 0.817. The summed E-state index contributed by atoms with van der Waals surface area (Å²) < 4.78 is 22.3. The summed E-state index contributed by atoms with van der Waals surface area (Å²) in [6.07, 6.45) is 3.01. The fraction of sp³-hybridized carbons (Fsp3) is 0.435. The SMILES string of the molecule is O=C(CN1CCC[C@H]1c1ccc2c(c1)OCCCO2)NCc1ccc2c(c1)OCO2. The van der Waals surface area contributed by atoms with E-state index in [0.29, 0.717) is 26.3 Å². The Morgan fingerprint density at radius 2 is 1.70 bits per heavy atom. The number of benzene rings is 2. The highest BCUT2D eigenvalue weighted by atomic mass is 16.7. The zero-order chi connectivity index (χ0) is 20.3. The van der Waals surface area contributed by atoms with Gasteiger partial charge in [0.15, 0.2) is 23.0 Å². The Morgan fingerprint density at radius 1 is 0.933 bits per heavy atom. The summed E-state index contributed by atoms with van der Waals surface area (Å²) in [7, 11) is 0. The molecule has 1 atom stereocenters. The van der Waals surface area contributed by atoms with Crippen LogP contribution in [0.15, 0.2) is 36.4 Å². The minimum Gasteiger partial charge on any atom is -0.490 e. The number of likely N-dealkylation sites (tertiary alicyclic amines) is 1. The molecule has 5 rings (SSSR count). The van der Waals surface area contributed by atoms with Crippen molar-refractivity contribution in [1.82, 2.24) is 10.2 Å². The van der Waals surface area contributed by atoms with Crippen molar-refractivity contribution in [3.8, 4) is 23.0 Å². The van der Waals surface area contributed by atoms with Crippen molar-refractivity contribution >= 4 is 5.91 Å². The van der Waals surface area contributed by atoms with E-state index in [-0.39, 0.29) is 18.7 Å². The van der Waals surface area contributed by atoms with Crippen LogP contribution in [0.1, 0.15) is 36.4 Å². The summed E-state index contributed by atoms with van der Waals surface area (Å²) >= 11 is 0. The van der Waals surface area contributed by atoms with Crippen LogP contribution in [0.3, 0.4) is 0 Å². The number of hydrogen-bond acceptors (Lipinski definition) is 6. The molecular weight excluding hydrogens is 384 g/mol. The maximum Gasteiger partial charge on any atom is 0.234 e. The van der Waals surface area contributed by atoms with E-state index in [1.54, 1.807) is 0 Å². The number of nitrogens with zero attached hydrogens (tertiary/aromatic N) is 1. The minimum absolute atomic E-state index is 0.0221. The van der Waals surface area contributed by atoms with Crippen LogP contribution in [0.2, 0.25) is 0 Å². The summed E-state index contributed by atoms with van der Waals surface area (Å²) in [6.45, 7) is 3.37. The highest BCUT2D eigenvalue weighted by Crippen LogP contribution is 2.37. The van der Waals surface area contributed by atoms with E-state index in [9.17, 15) is 4.79 Å². The van der Waals surface area contributed by atoms with Gasteiger partial charge in [-0.05, 0) is 54.8 Å². The molecule has 3 aliphatic rings. The largest absolute Gasteiger partial charge is 0.490 e. The standard InChI is InChI=1S/C23H26N2O5/c26-23(24-13-16-4-6-20-21(11-16)30-15-29-20)14-25-8-1-3-18(25)17-5-7-19-22(12-17)28-10-2-9-27-19/h4-7,11-12,18H,1-3,8-10,13-15H2,(H,24,26)/t18-/m0/s1. The lowest BCUT2D eigenvalue weighted by atomic mass is 10.0. The average Bonchev–Trinajstić information content (AvgIpc) is 3.35. The Morgan fingerprint density at radius 3 is 2.63 bits per heavy atom. The normalized spacial score (nSPS) is 20.1. The van der Waals surface area contributed by atoms with Gasteiger partial charge in [-0.25, -0.2) is 0 Å². The third-order valence-corrected chi connectivity index (χ3v) is 5.79. The van der Waals surface area contributed by atoms with Gasteiger partial charge in [0.2, 0.25) is 12.7 Å². The van der Waals surface area contributed by atoms with Gasteiger partial charge >= 0.3 is 0 Å². The van der Waals surface area contributed by atoms with Crippen LogP contribution in [0.25, 0.3) is 0 Å². The molecule has 2 aromatic rings. The van der Waals surface area contributed by atoms with Crippen LogP contribution < -0.4 is 24.3 Å². The Kier molecular flexibility index (Phi) is 5.36. The molecule has 158 valence electrons. The predicted octanol–water partition coefficient (Wildman–Crippen LogP) is 3.03. The molecule has 2 aromatic carbocycles. The monoisotopic (exact) mass is 410 g/mol. The molecule has 1 amide bonds. The van der Waals surface area contributed by atoms with Gasteiger partial charge in [0.25, 0.3) is 0 Å². The molecule has 3 heterocycles. The fourth-order valence-electron chi connectivity index (χ4n) is 4.27. The zero-order valence-electron chi connectivity index (χ0n) is 16.9. The molecule has 0 saturated carbocycles. The lowest BCUT2D eigenvalue weighted by Gasteiger charge is -2.25. The Bertz CT molecular complexity index is 932. The number of fused-ring (bicyclic) bond motifs is 2. The van der Waals surface area contributed by atoms with Crippen LogP contribution in [-0.4, -0.2) is 43.9 Å². The van der Waals surface area contributed by atoms with Crippen LogP contribution >= 0.6 is 0 Å². The van der Waals surface area contributed by atoms with E-state index >= 15 is 0 Å². The van der Waals surface area contributed by atoms with Gasteiger partial charge in [0, 0.05) is 19.0 Å². The van der Waals surface area contributed by atoms with E-state index in [2.05, 4.69) is 22.3 Å². The molecule has 30 heavy (non-hydrogen) atoms. The first-order valence-electron chi connectivity index (χ1n) is 10.5. The van der Waals surface area contributed by atoms with Gasteiger partial charge in [-0.2, -0.15) is 0 Å². The molecule has 0 radical (unpaired) electrons. The summed E-state index contributed by atoms with van der Waals surface area (Å²) in [4.78, 5) is 14.9. The van der Waals surface area contributed by atoms with Crippen LogP contribution in [-0.2, 0) is 11.3 Å². The maximum atomic E-state index is 12.6. The number of rotatable bonds is 5. The molecule has 7 nitrogen and oxygen atoms in total. The maximum absolute atomic E-state index is 12.6. The first-order chi connectivity index (χ1) is 14.8. The third kappa shape index (κ3) is 4.03. The molecule has 1 fully saturated rings. The van der Waals surface area contributed by atoms with Crippen molar-refractivity contribution in [3.05, 3.63) is 47.5 Å². The second kappa shape index (κ2) is 8.44. The summed E-state index contributed by atoms with van der Waals surface area (Å²) in [5, 5.41) is 3.03. The summed E-state index contributed by atoms with van der Waals surface area (Å²) in [6, 6.07) is 12.1. The van der Waals surface area contributed by atoms with Crippen molar-refractivity contribution in [1.29, 1.82) is 0 Å². The van der Waals surface area contributed by atoms with Crippen molar-refractivity contribution in [2.45, 2.75) is 31.8 Å². The summed E-state index contributed by atoms with van der Waals surface area (Å²) in [5.41, 5.74) is 2.17. The Hall–Kier alpha value is -2.93. The van der Waals surface area contributed by atoms with Crippen LogP contribution in [0, 0.1) is 0 Å². The smallest absolute Gasteiger partial charge is 0.234 e. The first-order valence-corrected chi connectivity index (χ1v) is 10.5. The third-order valence-electron chi connectivity index (χ3n) is 5.79. The highest BCUT2D eigenvalue weighted by molar-refractivity contribution is 5.78. The van der Waals surface area contributed by atoms with E-state index in [0.717, 1.165) is 54.4 Å². The lowest BCUT2D eigenvalue weighted by Crippen LogP contribution is -2.36. The van der Waals surface area contributed by atoms with Crippen molar-refractivity contribution in [3.63, 3.8) is 0 Å². The van der Waals surface area contributed by atoms with Crippen molar-refractivity contribution < 1.29 is 23.7 Å². The summed E-state index contributed by atoms with van der Waals surface area (Å²) in [5.74, 6) is 3.12. The number of hydrogen-bond donors (Lipinski definition) is 1. The Balaban J connectivity index is 1.20. The first kappa shape index (κ1) is 19.1. The number of carbonyl (C=O) groups is 1. The van der Waals surface area contributed by atoms with Crippen LogP contribution in [0.4, 0.5) is 0 Å². The number of carbonyl (C=O) groups excluding carboxylic acids is 1. The number of nitrogens with one attached hydrogen (secondary N) is 1.